The van der Waals surface area contributed by atoms with Gasteiger partial charge in [-0.15, -0.1) is 0 Å². The Kier molecular flexibility index (Phi) is 6.61. The summed E-state index contributed by atoms with van der Waals surface area (Å²) in [5.41, 5.74) is 1.26. The van der Waals surface area contributed by atoms with Crippen LogP contribution < -0.4 is 5.32 Å². The fourth-order valence-corrected chi connectivity index (χ4v) is 3.17. The van der Waals surface area contributed by atoms with Crippen molar-refractivity contribution in [2.45, 2.75) is 59.0 Å². The first kappa shape index (κ1) is 15.6. The lowest BCUT2D eigenvalue weighted by molar-refractivity contribution is 0.249. The molecule has 1 fully saturated rings. The molecular formula is C17H30N2O. The summed E-state index contributed by atoms with van der Waals surface area (Å²) < 4.78 is 5.70. The minimum atomic E-state index is 0.915. The van der Waals surface area contributed by atoms with E-state index in [1.807, 2.05) is 6.26 Å². The zero-order valence-electron chi connectivity index (χ0n) is 13.2. The largest absolute Gasteiger partial charge is 0.468 e. The van der Waals surface area contributed by atoms with Crippen molar-refractivity contribution < 1.29 is 4.42 Å². The van der Waals surface area contributed by atoms with Gasteiger partial charge in [-0.2, -0.15) is 0 Å². The quantitative estimate of drug-likeness (QED) is 0.822. The Bertz CT molecular complexity index is 375. The average Bonchev–Trinajstić information content (AvgIpc) is 2.77. The number of nitrogens with one attached hydrogen (secondary N) is 1. The maximum absolute atomic E-state index is 5.70. The van der Waals surface area contributed by atoms with E-state index in [-0.39, 0.29) is 0 Å². The Morgan fingerprint density at radius 1 is 1.30 bits per heavy atom. The predicted octanol–water partition coefficient (Wildman–Crippen LogP) is 3.79. The van der Waals surface area contributed by atoms with E-state index in [1.54, 1.807) is 0 Å². The summed E-state index contributed by atoms with van der Waals surface area (Å²) in [5, 5.41) is 3.34. The molecule has 1 atom stereocenters. The Morgan fingerprint density at radius 3 is 3.00 bits per heavy atom. The van der Waals surface area contributed by atoms with E-state index < -0.39 is 0 Å². The Morgan fingerprint density at radius 2 is 2.20 bits per heavy atom. The first-order valence-electron chi connectivity index (χ1n) is 8.31. The maximum Gasteiger partial charge on any atom is 0.118 e. The first-order chi connectivity index (χ1) is 9.81. The van der Waals surface area contributed by atoms with Gasteiger partial charge in [0.15, 0.2) is 0 Å². The van der Waals surface area contributed by atoms with Crippen LogP contribution in [0.25, 0.3) is 0 Å². The van der Waals surface area contributed by atoms with Crippen molar-refractivity contribution in [1.82, 2.24) is 10.2 Å². The van der Waals surface area contributed by atoms with Crippen molar-refractivity contribution in [1.29, 1.82) is 0 Å². The van der Waals surface area contributed by atoms with Crippen LogP contribution in [0, 0.1) is 5.92 Å². The van der Waals surface area contributed by atoms with Gasteiger partial charge in [-0.25, -0.2) is 0 Å². The molecule has 1 aliphatic heterocycles. The highest BCUT2D eigenvalue weighted by molar-refractivity contribution is 5.12. The lowest BCUT2D eigenvalue weighted by Crippen LogP contribution is -2.24. The van der Waals surface area contributed by atoms with Gasteiger partial charge in [0, 0.05) is 12.1 Å². The molecule has 1 aromatic rings. The molecule has 0 spiro atoms. The predicted molar refractivity (Wildman–Crippen MR) is 83.6 cm³/mol. The summed E-state index contributed by atoms with van der Waals surface area (Å²) in [7, 11) is 0. The van der Waals surface area contributed by atoms with Crippen LogP contribution in [-0.2, 0) is 13.1 Å². The van der Waals surface area contributed by atoms with Crippen molar-refractivity contribution in [3.05, 3.63) is 23.7 Å². The van der Waals surface area contributed by atoms with Crippen LogP contribution in [0.3, 0.4) is 0 Å². The second-order valence-electron chi connectivity index (χ2n) is 6.06. The lowest BCUT2D eigenvalue weighted by atomic mass is 9.96. The molecule has 0 radical (unpaired) electrons. The smallest absolute Gasteiger partial charge is 0.118 e. The number of rotatable bonds is 7. The van der Waals surface area contributed by atoms with Crippen LogP contribution in [0.1, 0.15) is 57.3 Å². The third-order valence-electron chi connectivity index (χ3n) is 4.30. The second-order valence-corrected chi connectivity index (χ2v) is 6.06. The maximum atomic E-state index is 5.70. The van der Waals surface area contributed by atoms with Gasteiger partial charge in [0.1, 0.15) is 5.76 Å². The summed E-state index contributed by atoms with van der Waals surface area (Å²) in [4.78, 5) is 2.56. The molecule has 2 rings (SSSR count). The van der Waals surface area contributed by atoms with E-state index in [2.05, 4.69) is 30.1 Å². The normalized spacial score (nSPS) is 21.0. The summed E-state index contributed by atoms with van der Waals surface area (Å²) >= 11 is 0. The standard InChI is InChI=1S/C17H30N2O/c1-3-6-15-7-5-9-19(10-8-15)13-17-11-16(14-20-17)12-18-4-2/h11,14-15,18H,3-10,12-13H2,1-2H3. The molecule has 0 aromatic carbocycles. The number of nitrogens with zero attached hydrogens (tertiary/aromatic N) is 1. The zero-order chi connectivity index (χ0) is 14.2. The SMILES string of the molecule is CCCC1CCCN(Cc2cc(CNCC)co2)CC1. The lowest BCUT2D eigenvalue weighted by Gasteiger charge is -2.18. The average molecular weight is 278 g/mol. The van der Waals surface area contributed by atoms with Crippen LogP contribution in [0.2, 0.25) is 0 Å². The minimum Gasteiger partial charge on any atom is -0.468 e. The van der Waals surface area contributed by atoms with E-state index >= 15 is 0 Å². The molecule has 2 heterocycles. The van der Waals surface area contributed by atoms with Gasteiger partial charge in [-0.05, 0) is 50.9 Å². The van der Waals surface area contributed by atoms with Gasteiger partial charge in [0.25, 0.3) is 0 Å². The van der Waals surface area contributed by atoms with Crippen molar-refractivity contribution in [2.24, 2.45) is 5.92 Å². The summed E-state index contributed by atoms with van der Waals surface area (Å²) in [6, 6.07) is 2.21. The van der Waals surface area contributed by atoms with Crippen molar-refractivity contribution in [3.8, 4) is 0 Å². The molecule has 1 aliphatic rings. The van der Waals surface area contributed by atoms with Gasteiger partial charge in [0.05, 0.1) is 12.8 Å². The van der Waals surface area contributed by atoms with Crippen molar-refractivity contribution in [2.75, 3.05) is 19.6 Å². The highest BCUT2D eigenvalue weighted by Gasteiger charge is 2.17. The molecule has 0 aliphatic carbocycles. The molecule has 3 nitrogen and oxygen atoms in total. The molecule has 1 unspecified atom stereocenters. The van der Waals surface area contributed by atoms with Gasteiger partial charge in [0.2, 0.25) is 0 Å². The van der Waals surface area contributed by atoms with E-state index in [4.69, 9.17) is 4.42 Å². The molecule has 20 heavy (non-hydrogen) atoms. The highest BCUT2D eigenvalue weighted by atomic mass is 16.3. The van der Waals surface area contributed by atoms with Crippen LogP contribution in [0.4, 0.5) is 0 Å². The fourth-order valence-electron chi connectivity index (χ4n) is 3.17. The molecule has 114 valence electrons. The number of hydrogen-bond acceptors (Lipinski definition) is 3. The van der Waals surface area contributed by atoms with E-state index in [0.29, 0.717) is 0 Å². The molecular weight excluding hydrogens is 248 g/mol. The molecule has 1 saturated heterocycles. The fraction of sp³-hybridized carbons (Fsp3) is 0.765. The minimum absolute atomic E-state index is 0.915. The number of hydrogen-bond donors (Lipinski definition) is 1. The van der Waals surface area contributed by atoms with Crippen molar-refractivity contribution >= 4 is 0 Å². The van der Waals surface area contributed by atoms with Gasteiger partial charge >= 0.3 is 0 Å². The van der Waals surface area contributed by atoms with Crippen LogP contribution >= 0.6 is 0 Å². The Balaban J connectivity index is 1.79. The monoisotopic (exact) mass is 278 g/mol. The van der Waals surface area contributed by atoms with Gasteiger partial charge in [-0.3, -0.25) is 4.90 Å². The molecule has 1 aromatic heterocycles. The second kappa shape index (κ2) is 8.48. The summed E-state index contributed by atoms with van der Waals surface area (Å²) in [6.07, 6.45) is 8.75. The zero-order valence-corrected chi connectivity index (χ0v) is 13.2. The van der Waals surface area contributed by atoms with Gasteiger partial charge < -0.3 is 9.73 Å². The van der Waals surface area contributed by atoms with Crippen LogP contribution in [-0.4, -0.2) is 24.5 Å². The molecule has 3 heteroatoms. The summed E-state index contributed by atoms with van der Waals surface area (Å²) in [5.74, 6) is 2.07. The number of furan rings is 1. The molecule has 0 saturated carbocycles. The molecule has 0 bridgehead atoms. The third kappa shape index (κ3) is 4.95. The number of likely N-dealkylation sites (tertiary alicyclic amines) is 1. The topological polar surface area (TPSA) is 28.4 Å². The van der Waals surface area contributed by atoms with Crippen LogP contribution in [0.15, 0.2) is 16.7 Å². The van der Waals surface area contributed by atoms with E-state index in [1.165, 1.54) is 50.8 Å². The van der Waals surface area contributed by atoms with Crippen LogP contribution in [0.5, 0.6) is 0 Å². The summed E-state index contributed by atoms with van der Waals surface area (Å²) in [6.45, 7) is 9.79. The molecule has 0 amide bonds. The Labute approximate surface area is 123 Å². The highest BCUT2D eigenvalue weighted by Crippen LogP contribution is 2.23. The first-order valence-corrected chi connectivity index (χ1v) is 8.31. The van der Waals surface area contributed by atoms with E-state index in [0.717, 1.165) is 31.3 Å². The third-order valence-corrected chi connectivity index (χ3v) is 4.30. The van der Waals surface area contributed by atoms with Crippen molar-refractivity contribution in [3.63, 3.8) is 0 Å². The van der Waals surface area contributed by atoms with E-state index in [9.17, 15) is 0 Å². The Hall–Kier alpha value is -0.800. The van der Waals surface area contributed by atoms with Gasteiger partial charge in [-0.1, -0.05) is 26.7 Å². The molecule has 1 N–H and O–H groups in total.